The molecule has 0 aliphatic rings. The van der Waals surface area contributed by atoms with Crippen molar-refractivity contribution in [2.45, 2.75) is 12.5 Å². The van der Waals surface area contributed by atoms with Crippen LogP contribution in [0, 0.1) is 0 Å². The lowest BCUT2D eigenvalue weighted by molar-refractivity contribution is 0.270. The van der Waals surface area contributed by atoms with E-state index >= 15 is 0 Å². The van der Waals surface area contributed by atoms with Gasteiger partial charge in [-0.05, 0) is 52.8 Å². The molecule has 1 rings (SSSR count). The molecule has 0 radical (unpaired) electrons. The lowest BCUT2D eigenvalue weighted by atomic mass is 10.0. The first-order valence-corrected chi connectivity index (χ1v) is 7.17. The number of halogens is 1. The van der Waals surface area contributed by atoms with E-state index in [0.29, 0.717) is 6.04 Å². The molecule has 1 aromatic rings. The van der Waals surface area contributed by atoms with Crippen molar-refractivity contribution in [3.8, 4) is 0 Å². The average Bonchev–Trinajstić information content (AvgIpc) is 2.39. The third-order valence-corrected chi connectivity index (χ3v) is 3.70. The van der Waals surface area contributed by atoms with Crippen molar-refractivity contribution < 1.29 is 0 Å². The summed E-state index contributed by atoms with van der Waals surface area (Å²) >= 11 is 6.26. The normalized spacial score (nSPS) is 13.2. The number of hydrogen-bond acceptors (Lipinski definition) is 3. The Hall–Kier alpha value is -0.610. The molecule has 1 aromatic carbocycles. The van der Waals surface area contributed by atoms with Gasteiger partial charge >= 0.3 is 0 Å². The van der Waals surface area contributed by atoms with Gasteiger partial charge < -0.3 is 15.1 Å². The van der Waals surface area contributed by atoms with Gasteiger partial charge in [0.25, 0.3) is 0 Å². The Morgan fingerprint density at radius 1 is 1.11 bits per heavy atom. The van der Waals surface area contributed by atoms with E-state index in [0.717, 1.165) is 31.1 Å². The van der Waals surface area contributed by atoms with Crippen LogP contribution in [0.15, 0.2) is 24.3 Å². The maximum absolute atomic E-state index is 6.26. The molecular formula is C15H26ClN3. The van der Waals surface area contributed by atoms with Crippen LogP contribution in [0.3, 0.4) is 0 Å². The zero-order valence-electron chi connectivity index (χ0n) is 12.5. The van der Waals surface area contributed by atoms with E-state index in [9.17, 15) is 0 Å². The van der Waals surface area contributed by atoms with Crippen LogP contribution in [0.2, 0.25) is 5.02 Å². The summed E-state index contributed by atoms with van der Waals surface area (Å²) in [5, 5.41) is 4.20. The lowest BCUT2D eigenvalue weighted by Crippen LogP contribution is -2.31. The molecular weight excluding hydrogens is 258 g/mol. The second-order valence-corrected chi connectivity index (χ2v) is 5.67. The number of nitrogens with zero attached hydrogens (tertiary/aromatic N) is 2. The fourth-order valence-electron chi connectivity index (χ4n) is 2.05. The van der Waals surface area contributed by atoms with Gasteiger partial charge in [-0.25, -0.2) is 0 Å². The first-order chi connectivity index (χ1) is 9.04. The molecule has 1 N–H and O–H groups in total. The minimum atomic E-state index is 0.315. The van der Waals surface area contributed by atoms with Gasteiger partial charge in [0.1, 0.15) is 0 Å². The molecule has 0 aliphatic carbocycles. The van der Waals surface area contributed by atoms with Crippen molar-refractivity contribution in [1.29, 1.82) is 0 Å². The minimum Gasteiger partial charge on any atom is -0.313 e. The fourth-order valence-corrected chi connectivity index (χ4v) is 2.31. The maximum atomic E-state index is 6.26. The number of likely N-dealkylation sites (N-methyl/N-ethyl adjacent to an activating group) is 2. The molecule has 108 valence electrons. The van der Waals surface area contributed by atoms with Crippen molar-refractivity contribution in [3.05, 3.63) is 34.9 Å². The van der Waals surface area contributed by atoms with Gasteiger partial charge in [-0.3, -0.25) is 0 Å². The molecule has 0 spiro atoms. The Balaban J connectivity index is 2.47. The maximum Gasteiger partial charge on any atom is 0.0453 e. The third-order valence-electron chi connectivity index (χ3n) is 3.36. The highest BCUT2D eigenvalue weighted by Crippen LogP contribution is 2.24. The van der Waals surface area contributed by atoms with Gasteiger partial charge in [-0.1, -0.05) is 29.8 Å². The lowest BCUT2D eigenvalue weighted by Gasteiger charge is -2.23. The Bertz CT molecular complexity index is 368. The quantitative estimate of drug-likeness (QED) is 0.791. The summed E-state index contributed by atoms with van der Waals surface area (Å²) in [5.74, 6) is 0. The smallest absolute Gasteiger partial charge is 0.0453 e. The second-order valence-electron chi connectivity index (χ2n) is 5.26. The SMILES string of the molecule is CNC(CCN(C)CCN(C)C)c1ccccc1Cl. The molecule has 1 unspecified atom stereocenters. The fraction of sp³-hybridized carbons (Fsp3) is 0.600. The summed E-state index contributed by atoms with van der Waals surface area (Å²) in [6, 6.07) is 8.39. The molecule has 0 saturated carbocycles. The van der Waals surface area contributed by atoms with Crippen LogP contribution in [0.5, 0.6) is 0 Å². The van der Waals surface area contributed by atoms with Gasteiger partial charge in [0, 0.05) is 24.2 Å². The molecule has 0 amide bonds. The van der Waals surface area contributed by atoms with Crippen LogP contribution in [0.4, 0.5) is 0 Å². The van der Waals surface area contributed by atoms with Crippen LogP contribution in [0.1, 0.15) is 18.0 Å². The van der Waals surface area contributed by atoms with Crippen LogP contribution < -0.4 is 5.32 Å². The van der Waals surface area contributed by atoms with Crippen LogP contribution in [-0.4, -0.2) is 57.6 Å². The zero-order chi connectivity index (χ0) is 14.3. The summed E-state index contributed by atoms with van der Waals surface area (Å²) in [5.41, 5.74) is 1.19. The number of hydrogen-bond donors (Lipinski definition) is 1. The largest absolute Gasteiger partial charge is 0.313 e. The summed E-state index contributed by atoms with van der Waals surface area (Å²) in [6.07, 6.45) is 1.06. The molecule has 1 atom stereocenters. The van der Waals surface area contributed by atoms with E-state index in [2.05, 4.69) is 42.3 Å². The highest BCUT2D eigenvalue weighted by atomic mass is 35.5. The minimum absolute atomic E-state index is 0.315. The van der Waals surface area contributed by atoms with Gasteiger partial charge in [-0.15, -0.1) is 0 Å². The summed E-state index contributed by atoms with van der Waals surface area (Å²) in [6.45, 7) is 3.24. The van der Waals surface area contributed by atoms with Crippen molar-refractivity contribution >= 4 is 11.6 Å². The molecule has 3 nitrogen and oxygen atoms in total. The molecule has 0 saturated heterocycles. The van der Waals surface area contributed by atoms with E-state index in [1.54, 1.807) is 0 Å². The molecule has 4 heteroatoms. The van der Waals surface area contributed by atoms with Crippen molar-refractivity contribution in [3.63, 3.8) is 0 Å². The standard InChI is InChI=1S/C15H26ClN3/c1-17-15(13-7-5-6-8-14(13)16)9-10-19(4)12-11-18(2)3/h5-8,15,17H,9-12H2,1-4H3. The van der Waals surface area contributed by atoms with Gasteiger partial charge in [-0.2, -0.15) is 0 Å². The molecule has 0 bridgehead atoms. The van der Waals surface area contributed by atoms with E-state index in [-0.39, 0.29) is 0 Å². The monoisotopic (exact) mass is 283 g/mol. The number of benzene rings is 1. The molecule has 19 heavy (non-hydrogen) atoms. The van der Waals surface area contributed by atoms with Crippen LogP contribution in [-0.2, 0) is 0 Å². The molecule has 0 aliphatic heterocycles. The third kappa shape index (κ3) is 5.91. The van der Waals surface area contributed by atoms with Crippen molar-refractivity contribution in [2.24, 2.45) is 0 Å². The number of nitrogens with one attached hydrogen (secondary N) is 1. The molecule has 0 fully saturated rings. The number of rotatable bonds is 8. The van der Waals surface area contributed by atoms with Crippen molar-refractivity contribution in [1.82, 2.24) is 15.1 Å². The van der Waals surface area contributed by atoms with Crippen molar-refractivity contribution in [2.75, 3.05) is 47.8 Å². The summed E-state index contributed by atoms with van der Waals surface area (Å²) < 4.78 is 0. The van der Waals surface area contributed by atoms with Gasteiger partial charge in [0.15, 0.2) is 0 Å². The highest BCUT2D eigenvalue weighted by Gasteiger charge is 2.13. The topological polar surface area (TPSA) is 18.5 Å². The second kappa shape index (κ2) is 8.54. The highest BCUT2D eigenvalue weighted by molar-refractivity contribution is 6.31. The van der Waals surface area contributed by atoms with Gasteiger partial charge in [0.2, 0.25) is 0 Å². The molecule has 0 heterocycles. The zero-order valence-corrected chi connectivity index (χ0v) is 13.2. The first-order valence-electron chi connectivity index (χ1n) is 6.79. The summed E-state index contributed by atoms with van der Waals surface area (Å²) in [4.78, 5) is 4.57. The van der Waals surface area contributed by atoms with Crippen LogP contribution in [0.25, 0.3) is 0 Å². The Morgan fingerprint density at radius 3 is 2.37 bits per heavy atom. The van der Waals surface area contributed by atoms with E-state index < -0.39 is 0 Å². The Kier molecular flexibility index (Phi) is 7.39. The van der Waals surface area contributed by atoms with E-state index in [1.165, 1.54) is 5.56 Å². The Morgan fingerprint density at radius 2 is 1.79 bits per heavy atom. The summed E-state index contributed by atoms with van der Waals surface area (Å²) in [7, 11) is 8.37. The molecule has 0 aromatic heterocycles. The predicted octanol–water partition coefficient (Wildman–Crippen LogP) is 2.48. The van der Waals surface area contributed by atoms with Crippen LogP contribution >= 0.6 is 11.6 Å². The first kappa shape index (κ1) is 16.4. The average molecular weight is 284 g/mol. The van der Waals surface area contributed by atoms with E-state index in [1.807, 2.05) is 25.2 Å². The Labute approximate surface area is 122 Å². The van der Waals surface area contributed by atoms with E-state index in [4.69, 9.17) is 11.6 Å². The van der Waals surface area contributed by atoms with Gasteiger partial charge in [0.05, 0.1) is 0 Å². The predicted molar refractivity (Wildman–Crippen MR) is 83.9 cm³/mol.